The Bertz CT molecular complexity index is 2420. The molecular formula is C43H51N9O6. The summed E-state index contributed by atoms with van der Waals surface area (Å²) in [5, 5.41) is 11.4. The van der Waals surface area contributed by atoms with Gasteiger partial charge in [0.15, 0.2) is 0 Å². The zero-order valence-electron chi connectivity index (χ0n) is 33.2. The maximum atomic E-state index is 13.5. The van der Waals surface area contributed by atoms with Crippen molar-refractivity contribution in [1.82, 2.24) is 34.1 Å². The van der Waals surface area contributed by atoms with Crippen LogP contribution in [0.3, 0.4) is 0 Å². The molecule has 2 bridgehead atoms. The summed E-state index contributed by atoms with van der Waals surface area (Å²) >= 11 is 0. The molecule has 1 atom stereocenters. The number of ether oxygens (including phenoxy) is 2. The number of anilines is 2. The number of hydrogen-bond acceptors (Lipinski definition) is 10. The molecule has 15 heteroatoms. The van der Waals surface area contributed by atoms with Gasteiger partial charge in [0.25, 0.3) is 5.91 Å². The molecule has 2 N–H and O–H groups in total. The molecule has 3 aromatic heterocycles. The Balaban J connectivity index is 0.814. The third kappa shape index (κ3) is 7.43. The normalized spacial score (nSPS) is 22.4. The van der Waals surface area contributed by atoms with Crippen molar-refractivity contribution in [3.05, 3.63) is 70.9 Å². The highest BCUT2D eigenvalue weighted by Crippen LogP contribution is 2.37. The lowest BCUT2D eigenvalue weighted by Crippen LogP contribution is -2.45. The molecule has 4 aliphatic rings. The number of carbonyl (C=O) groups is 3. The Morgan fingerprint density at radius 3 is 2.45 bits per heavy atom. The summed E-state index contributed by atoms with van der Waals surface area (Å²) in [6.45, 7) is 3.82. The van der Waals surface area contributed by atoms with Gasteiger partial charge in [0.05, 0.1) is 47.2 Å². The summed E-state index contributed by atoms with van der Waals surface area (Å²) in [7, 11) is 4.03. The molecule has 0 radical (unpaired) electrons. The number of fused-ring (bicyclic) bond motifs is 5. The zero-order valence-corrected chi connectivity index (χ0v) is 33.2. The van der Waals surface area contributed by atoms with E-state index in [1.54, 1.807) is 34.4 Å². The lowest BCUT2D eigenvalue weighted by atomic mass is 9.85. The standard InChI is InChI=1S/C43H51N9O6/c1-48(29-17-19-50(20-18-29)34-8-6-9-35-40(34)49(2)43(56)52(35)36-15-16-38(53)46-42(36)55)25-27-11-13-30(14-12-27)51-26-28-23-33-37(24-32(28)47-51)57-21-3-4-22-58-39-10-5-7-31(44-39)41(54)45-33/h5-10,23-24,26-27,29-30,36H,3-4,11-22,25H2,1-2H3,(H,45,54)(H,46,53,55)/t27-,30-,36?. The fourth-order valence-electron chi connectivity index (χ4n) is 9.45. The van der Waals surface area contributed by atoms with Crippen LogP contribution in [0, 0.1) is 5.92 Å². The van der Waals surface area contributed by atoms with E-state index in [0.29, 0.717) is 55.0 Å². The molecule has 1 saturated carbocycles. The minimum absolute atomic E-state index is 0.218. The first-order chi connectivity index (χ1) is 28.2. The van der Waals surface area contributed by atoms with Gasteiger partial charge in [-0.2, -0.15) is 5.10 Å². The summed E-state index contributed by atoms with van der Waals surface area (Å²) < 4.78 is 17.2. The van der Waals surface area contributed by atoms with Gasteiger partial charge in [-0.3, -0.25) is 33.5 Å². The highest BCUT2D eigenvalue weighted by molar-refractivity contribution is 6.05. The number of aromatic nitrogens is 5. The molecule has 6 heterocycles. The molecule has 5 aromatic rings. The minimum atomic E-state index is -0.698. The average molecular weight is 790 g/mol. The van der Waals surface area contributed by atoms with Gasteiger partial charge in [-0.05, 0) is 95.0 Å². The third-order valence-electron chi connectivity index (χ3n) is 12.6. The number of carbonyl (C=O) groups excluding carboxylic acids is 3. The highest BCUT2D eigenvalue weighted by Gasteiger charge is 2.33. The van der Waals surface area contributed by atoms with Crippen molar-refractivity contribution in [2.75, 3.05) is 50.1 Å². The van der Waals surface area contributed by atoms with E-state index in [1.807, 2.05) is 24.3 Å². The first kappa shape index (κ1) is 37.9. The number of imidazole rings is 1. The van der Waals surface area contributed by atoms with Gasteiger partial charge < -0.3 is 24.6 Å². The van der Waals surface area contributed by atoms with Crippen molar-refractivity contribution >= 4 is 51.0 Å². The lowest BCUT2D eigenvalue weighted by molar-refractivity contribution is -0.135. The minimum Gasteiger partial charge on any atom is -0.491 e. The Kier molecular flexibility index (Phi) is 10.4. The van der Waals surface area contributed by atoms with Crippen molar-refractivity contribution in [1.29, 1.82) is 0 Å². The summed E-state index contributed by atoms with van der Waals surface area (Å²) in [5.41, 5.74) is 4.05. The van der Waals surface area contributed by atoms with Crippen LogP contribution in [-0.2, 0) is 16.6 Å². The molecule has 304 valence electrons. The van der Waals surface area contributed by atoms with E-state index < -0.39 is 11.9 Å². The number of para-hydroxylation sites is 1. The van der Waals surface area contributed by atoms with Gasteiger partial charge in [-0.25, -0.2) is 9.78 Å². The second-order valence-electron chi connectivity index (χ2n) is 16.4. The number of pyridine rings is 1. The fourth-order valence-corrected chi connectivity index (χ4v) is 9.45. The molecular weight excluding hydrogens is 739 g/mol. The summed E-state index contributed by atoms with van der Waals surface area (Å²) in [5.74, 6) is 0.629. The zero-order chi connectivity index (χ0) is 39.9. The molecule has 9 rings (SSSR count). The van der Waals surface area contributed by atoms with Crippen molar-refractivity contribution < 1.29 is 23.9 Å². The molecule has 1 aliphatic carbocycles. The van der Waals surface area contributed by atoms with Crippen LogP contribution in [0.4, 0.5) is 11.4 Å². The van der Waals surface area contributed by atoms with Crippen LogP contribution >= 0.6 is 0 Å². The van der Waals surface area contributed by atoms with Crippen molar-refractivity contribution in [2.24, 2.45) is 13.0 Å². The Labute approximate surface area is 336 Å². The van der Waals surface area contributed by atoms with Crippen LogP contribution in [0.2, 0.25) is 0 Å². The molecule has 3 amide bonds. The van der Waals surface area contributed by atoms with Gasteiger partial charge in [0, 0.05) is 62.9 Å². The van der Waals surface area contributed by atoms with Gasteiger partial charge in [-0.15, -0.1) is 0 Å². The van der Waals surface area contributed by atoms with Gasteiger partial charge in [0.1, 0.15) is 17.5 Å². The number of piperidine rings is 2. The van der Waals surface area contributed by atoms with Crippen LogP contribution in [-0.4, -0.2) is 92.5 Å². The number of nitrogens with zero attached hydrogens (tertiary/aromatic N) is 7. The van der Waals surface area contributed by atoms with Crippen LogP contribution < -0.4 is 30.7 Å². The third-order valence-corrected chi connectivity index (χ3v) is 12.6. The molecule has 0 spiro atoms. The number of hydrogen-bond donors (Lipinski definition) is 2. The summed E-state index contributed by atoms with van der Waals surface area (Å²) in [6.07, 6.45) is 10.7. The maximum Gasteiger partial charge on any atom is 0.329 e. The highest BCUT2D eigenvalue weighted by atomic mass is 16.5. The maximum absolute atomic E-state index is 13.5. The van der Waals surface area contributed by atoms with E-state index in [4.69, 9.17) is 14.6 Å². The van der Waals surface area contributed by atoms with E-state index in [-0.39, 0.29) is 29.6 Å². The van der Waals surface area contributed by atoms with E-state index in [1.165, 1.54) is 0 Å². The molecule has 3 aliphatic heterocycles. The second kappa shape index (κ2) is 15.9. The van der Waals surface area contributed by atoms with Crippen molar-refractivity contribution in [3.63, 3.8) is 0 Å². The predicted octanol–water partition coefficient (Wildman–Crippen LogP) is 5.20. The van der Waals surface area contributed by atoms with Crippen LogP contribution in [0.25, 0.3) is 21.9 Å². The van der Waals surface area contributed by atoms with E-state index in [2.05, 4.69) is 49.4 Å². The van der Waals surface area contributed by atoms with Crippen molar-refractivity contribution in [2.45, 2.75) is 82.3 Å². The molecule has 2 aromatic carbocycles. The van der Waals surface area contributed by atoms with E-state index >= 15 is 0 Å². The Morgan fingerprint density at radius 2 is 1.66 bits per heavy atom. The summed E-state index contributed by atoms with van der Waals surface area (Å²) in [4.78, 5) is 60.5. The molecule has 1 unspecified atom stereocenters. The second-order valence-corrected chi connectivity index (χ2v) is 16.4. The Hall–Kier alpha value is -5.70. The quantitative estimate of drug-likeness (QED) is 0.219. The smallest absolute Gasteiger partial charge is 0.329 e. The molecule has 58 heavy (non-hydrogen) atoms. The SMILES string of the molecule is CN(C[C@H]1CC[C@H](n2cc3cc4c(cc3n2)OCCCCOc2cccc(n2)C(=O)N4)CC1)C1CCN(c2cccc3c2n(C)c(=O)n3C2CCC(=O)NC2=O)CC1. The summed E-state index contributed by atoms with van der Waals surface area (Å²) in [6, 6.07) is 15.1. The average Bonchev–Trinajstić information content (AvgIpc) is 3.76. The number of imide groups is 1. The van der Waals surface area contributed by atoms with Crippen LogP contribution in [0.5, 0.6) is 11.6 Å². The topological polar surface area (TPSA) is 158 Å². The number of aryl methyl sites for hydroxylation is 1. The van der Waals surface area contributed by atoms with E-state index in [9.17, 15) is 19.2 Å². The van der Waals surface area contributed by atoms with E-state index in [0.717, 1.165) is 98.6 Å². The van der Waals surface area contributed by atoms with Gasteiger partial charge in [0.2, 0.25) is 17.7 Å². The first-order valence-electron chi connectivity index (χ1n) is 20.8. The number of benzene rings is 2. The Morgan fingerprint density at radius 1 is 0.879 bits per heavy atom. The first-order valence-corrected chi connectivity index (χ1v) is 20.8. The number of nitrogens with one attached hydrogen (secondary N) is 2. The molecule has 15 nitrogen and oxygen atoms in total. The largest absolute Gasteiger partial charge is 0.491 e. The monoisotopic (exact) mass is 789 g/mol. The predicted molar refractivity (Wildman–Crippen MR) is 220 cm³/mol. The lowest BCUT2D eigenvalue weighted by Gasteiger charge is -2.40. The van der Waals surface area contributed by atoms with Crippen LogP contribution in [0.15, 0.2) is 59.5 Å². The van der Waals surface area contributed by atoms with Gasteiger partial charge in [-0.1, -0.05) is 12.1 Å². The number of amides is 3. The molecule has 3 fully saturated rings. The van der Waals surface area contributed by atoms with Crippen molar-refractivity contribution in [3.8, 4) is 11.6 Å². The molecule has 2 saturated heterocycles. The van der Waals surface area contributed by atoms with Crippen LogP contribution in [0.1, 0.15) is 86.8 Å². The fraction of sp³-hybridized carbons (Fsp3) is 0.488. The van der Waals surface area contributed by atoms with Gasteiger partial charge >= 0.3 is 5.69 Å². The number of rotatable bonds is 6.